The highest BCUT2D eigenvalue weighted by molar-refractivity contribution is 6.00. The molecule has 1 saturated carbocycles. The lowest BCUT2D eigenvalue weighted by Crippen LogP contribution is -2.36. The Kier molecular flexibility index (Phi) is 6.41. The zero-order valence-electron chi connectivity index (χ0n) is 17.0. The summed E-state index contributed by atoms with van der Waals surface area (Å²) in [7, 11) is 3.14. The number of methoxy groups -OCH3 is 2. The van der Waals surface area contributed by atoms with E-state index in [0.29, 0.717) is 17.2 Å². The molecule has 1 aliphatic rings. The normalized spacial score (nSPS) is 15.3. The zero-order valence-corrected chi connectivity index (χ0v) is 17.0. The van der Waals surface area contributed by atoms with E-state index in [9.17, 15) is 14.7 Å². The summed E-state index contributed by atoms with van der Waals surface area (Å²) in [5.41, 5.74) is 0.00900. The number of rotatable bonds is 6. The molecule has 156 valence electrons. The van der Waals surface area contributed by atoms with Crippen molar-refractivity contribution in [2.75, 3.05) is 14.2 Å². The minimum Gasteiger partial charge on any atom is -0.497 e. The van der Waals surface area contributed by atoms with E-state index in [1.165, 1.54) is 4.57 Å². The molecule has 0 saturated heterocycles. The van der Waals surface area contributed by atoms with E-state index in [2.05, 4.69) is 9.98 Å². The van der Waals surface area contributed by atoms with Gasteiger partial charge in [0.25, 0.3) is 5.56 Å². The van der Waals surface area contributed by atoms with Crippen molar-refractivity contribution >= 4 is 5.71 Å². The van der Waals surface area contributed by atoms with Crippen LogP contribution >= 0.6 is 0 Å². The van der Waals surface area contributed by atoms with Crippen molar-refractivity contribution in [2.45, 2.75) is 51.6 Å². The minimum absolute atomic E-state index is 0.0324. The molecule has 3 rings (SSSR count). The van der Waals surface area contributed by atoms with Gasteiger partial charge in [0.15, 0.2) is 0 Å². The van der Waals surface area contributed by atoms with Crippen molar-refractivity contribution in [1.29, 1.82) is 0 Å². The van der Waals surface area contributed by atoms with Gasteiger partial charge >= 0.3 is 5.69 Å². The van der Waals surface area contributed by atoms with Gasteiger partial charge in [-0.2, -0.15) is 0 Å². The second-order valence-corrected chi connectivity index (χ2v) is 7.24. The summed E-state index contributed by atoms with van der Waals surface area (Å²) >= 11 is 0. The first-order valence-corrected chi connectivity index (χ1v) is 9.75. The molecule has 1 aromatic carbocycles. The van der Waals surface area contributed by atoms with Gasteiger partial charge in [0.05, 0.1) is 26.5 Å². The zero-order chi connectivity index (χ0) is 21.0. The van der Waals surface area contributed by atoms with Gasteiger partial charge in [-0.1, -0.05) is 19.3 Å². The van der Waals surface area contributed by atoms with E-state index in [1.54, 1.807) is 27.2 Å². The average Bonchev–Trinajstić information content (AvgIpc) is 2.72. The van der Waals surface area contributed by atoms with E-state index < -0.39 is 11.2 Å². The third-order valence-corrected chi connectivity index (χ3v) is 5.33. The van der Waals surface area contributed by atoms with E-state index in [1.807, 2.05) is 12.1 Å². The number of hydrogen-bond donors (Lipinski definition) is 2. The molecule has 2 N–H and O–H groups in total. The first-order valence-electron chi connectivity index (χ1n) is 9.75. The molecular formula is C21H27N3O5. The molecule has 0 bridgehead atoms. The van der Waals surface area contributed by atoms with Crippen molar-refractivity contribution in [3.63, 3.8) is 0 Å². The first-order chi connectivity index (χ1) is 13.9. The van der Waals surface area contributed by atoms with Crippen molar-refractivity contribution in [3.8, 4) is 17.4 Å². The molecular weight excluding hydrogens is 374 g/mol. The van der Waals surface area contributed by atoms with Crippen LogP contribution in [-0.2, 0) is 6.54 Å². The third-order valence-electron chi connectivity index (χ3n) is 5.33. The molecule has 0 unspecified atom stereocenters. The molecule has 1 fully saturated rings. The number of aromatic amines is 1. The maximum absolute atomic E-state index is 12.4. The van der Waals surface area contributed by atoms with Crippen molar-refractivity contribution < 1.29 is 14.6 Å². The number of aromatic hydroxyl groups is 1. The molecule has 0 radical (unpaired) electrons. The quantitative estimate of drug-likeness (QED) is 0.724. The molecule has 1 aromatic heterocycles. The van der Waals surface area contributed by atoms with Crippen molar-refractivity contribution in [2.24, 2.45) is 4.99 Å². The number of hydrogen-bond acceptors (Lipinski definition) is 6. The number of aromatic nitrogens is 2. The Morgan fingerprint density at radius 3 is 2.34 bits per heavy atom. The molecule has 0 atom stereocenters. The van der Waals surface area contributed by atoms with Crippen LogP contribution in [0.2, 0.25) is 0 Å². The predicted octanol–water partition coefficient (Wildman–Crippen LogP) is 2.77. The standard InChI is InChI=1S/C21H27N3O5/c1-13(22-12-14-9-16(28-2)11-17(10-14)29-3)18-19(25)23-21(27)24(20(18)26)15-7-5-4-6-8-15/h9-11,15,26H,4-8,12H2,1-3H3,(H,23,25,27). The molecule has 8 nitrogen and oxygen atoms in total. The van der Waals surface area contributed by atoms with Gasteiger partial charge < -0.3 is 14.6 Å². The van der Waals surface area contributed by atoms with Gasteiger partial charge in [0.2, 0.25) is 5.88 Å². The third kappa shape index (κ3) is 4.52. The molecule has 0 aliphatic heterocycles. The summed E-state index contributed by atoms with van der Waals surface area (Å²) < 4.78 is 11.8. The Labute approximate surface area is 168 Å². The maximum atomic E-state index is 12.4. The average molecular weight is 401 g/mol. The van der Waals surface area contributed by atoms with Gasteiger partial charge in [0, 0.05) is 12.1 Å². The van der Waals surface area contributed by atoms with Gasteiger partial charge in [0.1, 0.15) is 17.1 Å². The molecule has 2 aromatic rings. The molecule has 1 aliphatic carbocycles. The van der Waals surface area contributed by atoms with Gasteiger partial charge in [-0.25, -0.2) is 4.79 Å². The summed E-state index contributed by atoms with van der Waals surface area (Å²) in [6, 6.07) is 5.30. The highest BCUT2D eigenvalue weighted by Gasteiger charge is 2.23. The number of aliphatic imine (C=N–C) groups is 1. The van der Waals surface area contributed by atoms with Crippen LogP contribution < -0.4 is 20.7 Å². The van der Waals surface area contributed by atoms with Crippen molar-refractivity contribution in [3.05, 3.63) is 50.2 Å². The fraction of sp³-hybridized carbons (Fsp3) is 0.476. The molecule has 0 amide bonds. The molecule has 0 spiro atoms. The number of benzene rings is 1. The second kappa shape index (κ2) is 8.98. The number of nitrogens with zero attached hydrogens (tertiary/aromatic N) is 2. The number of H-pyrrole nitrogens is 1. The van der Waals surface area contributed by atoms with E-state index in [0.717, 1.165) is 37.7 Å². The Hall–Kier alpha value is -3.03. The predicted molar refractivity (Wildman–Crippen MR) is 111 cm³/mol. The lowest BCUT2D eigenvalue weighted by atomic mass is 9.95. The monoisotopic (exact) mass is 401 g/mol. The lowest BCUT2D eigenvalue weighted by Gasteiger charge is -2.25. The van der Waals surface area contributed by atoms with Gasteiger partial charge in [-0.05, 0) is 37.5 Å². The summed E-state index contributed by atoms with van der Waals surface area (Å²) in [5.74, 6) is 0.965. The Morgan fingerprint density at radius 1 is 1.14 bits per heavy atom. The molecule has 29 heavy (non-hydrogen) atoms. The topological polar surface area (TPSA) is 106 Å². The summed E-state index contributed by atoms with van der Waals surface area (Å²) in [4.78, 5) is 31.5. The lowest BCUT2D eigenvalue weighted by molar-refractivity contribution is 0.298. The van der Waals surface area contributed by atoms with Gasteiger partial charge in [-0.15, -0.1) is 0 Å². The van der Waals surface area contributed by atoms with E-state index in [4.69, 9.17) is 9.47 Å². The summed E-state index contributed by atoms with van der Waals surface area (Å²) in [5, 5.41) is 10.8. The number of ether oxygens (including phenoxy) is 2. The largest absolute Gasteiger partial charge is 0.497 e. The molecule has 8 heteroatoms. The Balaban J connectivity index is 1.95. The van der Waals surface area contributed by atoms with Crippen LogP contribution in [0, 0.1) is 0 Å². The Bertz CT molecular complexity index is 994. The maximum Gasteiger partial charge on any atom is 0.331 e. The SMILES string of the molecule is COc1cc(CN=C(C)c2c(O)n(C3CCCCC3)c(=O)[nH]c2=O)cc(OC)c1. The first kappa shape index (κ1) is 20.7. The highest BCUT2D eigenvalue weighted by atomic mass is 16.5. The van der Waals surface area contributed by atoms with Crippen LogP contribution in [0.25, 0.3) is 0 Å². The smallest absolute Gasteiger partial charge is 0.331 e. The summed E-state index contributed by atoms with van der Waals surface area (Å²) in [6.07, 6.45) is 4.72. The fourth-order valence-corrected chi connectivity index (χ4v) is 3.79. The highest BCUT2D eigenvalue weighted by Crippen LogP contribution is 2.30. The molecule has 1 heterocycles. The van der Waals surface area contributed by atoms with Crippen LogP contribution in [0.1, 0.15) is 56.2 Å². The van der Waals surface area contributed by atoms with E-state index in [-0.39, 0.29) is 24.0 Å². The van der Waals surface area contributed by atoms with Crippen LogP contribution in [0.4, 0.5) is 0 Å². The number of nitrogens with one attached hydrogen (secondary N) is 1. The van der Waals surface area contributed by atoms with Crippen LogP contribution in [0.5, 0.6) is 17.4 Å². The summed E-state index contributed by atoms with van der Waals surface area (Å²) in [6.45, 7) is 1.91. The minimum atomic E-state index is -0.635. The van der Waals surface area contributed by atoms with Crippen molar-refractivity contribution in [1.82, 2.24) is 9.55 Å². The van der Waals surface area contributed by atoms with Crippen LogP contribution in [0.3, 0.4) is 0 Å². The van der Waals surface area contributed by atoms with Gasteiger partial charge in [-0.3, -0.25) is 19.3 Å². The van der Waals surface area contributed by atoms with Crippen LogP contribution in [0.15, 0.2) is 32.8 Å². The van der Waals surface area contributed by atoms with E-state index >= 15 is 0 Å². The second-order valence-electron chi connectivity index (χ2n) is 7.24. The van der Waals surface area contributed by atoms with Crippen LogP contribution in [-0.4, -0.2) is 34.6 Å². The fourth-order valence-electron chi connectivity index (χ4n) is 3.79. The Morgan fingerprint density at radius 2 is 1.76 bits per heavy atom.